The summed E-state index contributed by atoms with van der Waals surface area (Å²) in [6.45, 7) is 10.5. The van der Waals surface area contributed by atoms with Gasteiger partial charge in [-0.25, -0.2) is 4.79 Å². The molecule has 226 valence electrons. The molecule has 1 heterocycles. The molecule has 3 aromatic rings. The van der Waals surface area contributed by atoms with Crippen LogP contribution in [0.4, 0.5) is 4.79 Å². The van der Waals surface area contributed by atoms with Crippen LogP contribution in [0.15, 0.2) is 60.8 Å². The van der Waals surface area contributed by atoms with Crippen LogP contribution < -0.4 is 21.3 Å². The van der Waals surface area contributed by atoms with Gasteiger partial charge in [-0.1, -0.05) is 48.5 Å². The number of likely N-dealkylation sites (N-methyl/N-ethyl adjacent to an activating group) is 1. The standard InChI is InChI=1S/C32H43N5O5/c1-7-33-27(38)25(18-17-21-13-9-8-10-14-21)35-28(39)26(19-22-20-34-24-16-12-11-15-23(22)24)36-29(40)32(5,6)37-30(41)42-31(2,3)4/h8-16,20,25-26,34H,7,17-19H2,1-6H3,(H,33,38)(H,35,39)(H,36,40)(H,37,41)/t25-,26?/m1/s1. The lowest BCUT2D eigenvalue weighted by atomic mass is 9.99. The predicted molar refractivity (Wildman–Crippen MR) is 163 cm³/mol. The third kappa shape index (κ3) is 9.36. The maximum atomic E-state index is 13.8. The van der Waals surface area contributed by atoms with E-state index in [0.717, 1.165) is 22.0 Å². The van der Waals surface area contributed by atoms with Gasteiger partial charge in [-0.05, 0) is 71.6 Å². The van der Waals surface area contributed by atoms with Crippen LogP contribution in [0.3, 0.4) is 0 Å². The van der Waals surface area contributed by atoms with E-state index in [1.54, 1.807) is 27.0 Å². The molecule has 2 aromatic carbocycles. The highest BCUT2D eigenvalue weighted by atomic mass is 16.6. The van der Waals surface area contributed by atoms with Crippen molar-refractivity contribution in [2.45, 2.75) is 84.0 Å². The van der Waals surface area contributed by atoms with Crippen LogP contribution in [0.2, 0.25) is 0 Å². The van der Waals surface area contributed by atoms with E-state index in [4.69, 9.17) is 4.74 Å². The first-order valence-corrected chi connectivity index (χ1v) is 14.3. The third-order valence-electron chi connectivity index (χ3n) is 6.65. The van der Waals surface area contributed by atoms with Crippen molar-refractivity contribution in [1.29, 1.82) is 0 Å². The number of benzene rings is 2. The minimum Gasteiger partial charge on any atom is -0.444 e. The minimum absolute atomic E-state index is 0.158. The van der Waals surface area contributed by atoms with Crippen molar-refractivity contribution < 1.29 is 23.9 Å². The number of H-pyrrole nitrogens is 1. The van der Waals surface area contributed by atoms with E-state index >= 15 is 0 Å². The Hall–Kier alpha value is -4.34. The summed E-state index contributed by atoms with van der Waals surface area (Å²) in [5.41, 5.74) is 0.616. The normalized spacial score (nSPS) is 13.1. The molecule has 0 bridgehead atoms. The Morgan fingerprint density at radius 3 is 2.19 bits per heavy atom. The summed E-state index contributed by atoms with van der Waals surface area (Å²) in [6, 6.07) is 15.5. The monoisotopic (exact) mass is 577 g/mol. The van der Waals surface area contributed by atoms with Gasteiger partial charge >= 0.3 is 6.09 Å². The van der Waals surface area contributed by atoms with E-state index < -0.39 is 41.1 Å². The summed E-state index contributed by atoms with van der Waals surface area (Å²) in [4.78, 5) is 55.8. The van der Waals surface area contributed by atoms with Crippen LogP contribution in [0, 0.1) is 0 Å². The van der Waals surface area contributed by atoms with Crippen molar-refractivity contribution in [3.63, 3.8) is 0 Å². The molecule has 0 radical (unpaired) electrons. The Labute approximate surface area is 247 Å². The van der Waals surface area contributed by atoms with E-state index in [0.29, 0.717) is 19.4 Å². The molecular weight excluding hydrogens is 534 g/mol. The number of hydrogen-bond donors (Lipinski definition) is 5. The van der Waals surface area contributed by atoms with Gasteiger partial charge in [0.25, 0.3) is 0 Å². The van der Waals surface area contributed by atoms with Gasteiger partial charge in [-0.15, -0.1) is 0 Å². The lowest BCUT2D eigenvalue weighted by Crippen LogP contribution is -2.61. The van der Waals surface area contributed by atoms with Gasteiger partial charge in [-0.2, -0.15) is 0 Å². The van der Waals surface area contributed by atoms with Crippen LogP contribution in [0.25, 0.3) is 10.9 Å². The topological polar surface area (TPSA) is 141 Å². The zero-order chi connectivity index (χ0) is 30.9. The molecule has 1 aromatic heterocycles. The highest BCUT2D eigenvalue weighted by Gasteiger charge is 2.35. The van der Waals surface area contributed by atoms with Crippen molar-refractivity contribution in [2.24, 2.45) is 0 Å². The number of aromatic amines is 1. The largest absolute Gasteiger partial charge is 0.444 e. The smallest absolute Gasteiger partial charge is 0.408 e. The first-order chi connectivity index (χ1) is 19.8. The number of para-hydroxylation sites is 1. The van der Waals surface area contributed by atoms with Gasteiger partial charge in [0.1, 0.15) is 23.2 Å². The van der Waals surface area contributed by atoms with E-state index in [-0.39, 0.29) is 12.3 Å². The van der Waals surface area contributed by atoms with Crippen LogP contribution in [-0.4, -0.2) is 58.6 Å². The van der Waals surface area contributed by atoms with Gasteiger partial charge in [-0.3, -0.25) is 14.4 Å². The SMILES string of the molecule is CCNC(=O)[C@@H](CCc1ccccc1)NC(=O)C(Cc1c[nH]c2ccccc12)NC(=O)C(C)(C)NC(=O)OC(C)(C)C. The van der Waals surface area contributed by atoms with Crippen molar-refractivity contribution >= 4 is 34.7 Å². The van der Waals surface area contributed by atoms with Crippen molar-refractivity contribution in [1.82, 2.24) is 26.3 Å². The summed E-state index contributed by atoms with van der Waals surface area (Å²) >= 11 is 0. The molecule has 4 amide bonds. The minimum atomic E-state index is -1.40. The molecule has 2 atom stereocenters. The Morgan fingerprint density at radius 2 is 1.52 bits per heavy atom. The van der Waals surface area contributed by atoms with E-state index in [1.807, 2.05) is 61.5 Å². The number of ether oxygens (including phenoxy) is 1. The predicted octanol–water partition coefficient (Wildman–Crippen LogP) is 3.75. The number of hydrogen-bond acceptors (Lipinski definition) is 5. The van der Waals surface area contributed by atoms with E-state index in [2.05, 4.69) is 26.3 Å². The third-order valence-corrected chi connectivity index (χ3v) is 6.65. The summed E-state index contributed by atoms with van der Waals surface area (Å²) < 4.78 is 5.32. The lowest BCUT2D eigenvalue weighted by Gasteiger charge is -2.30. The van der Waals surface area contributed by atoms with Gasteiger partial charge in [0, 0.05) is 30.1 Å². The molecule has 1 unspecified atom stereocenters. The summed E-state index contributed by atoms with van der Waals surface area (Å²) in [5.74, 6) is -1.39. The number of amides is 4. The molecule has 0 fully saturated rings. The fraction of sp³-hybridized carbons (Fsp3) is 0.438. The average molecular weight is 578 g/mol. The lowest BCUT2D eigenvalue weighted by molar-refractivity contribution is -0.133. The molecule has 0 spiro atoms. The number of aryl methyl sites for hydroxylation is 1. The fourth-order valence-corrected chi connectivity index (χ4v) is 4.48. The summed E-state index contributed by atoms with van der Waals surface area (Å²) in [7, 11) is 0. The van der Waals surface area contributed by atoms with Gasteiger partial charge in [0.05, 0.1) is 0 Å². The molecule has 42 heavy (non-hydrogen) atoms. The number of carbonyl (C=O) groups excluding carboxylic acids is 4. The summed E-state index contributed by atoms with van der Waals surface area (Å²) in [5, 5.41) is 12.0. The summed E-state index contributed by atoms with van der Waals surface area (Å²) in [6.07, 6.45) is 2.16. The van der Waals surface area contributed by atoms with Crippen molar-refractivity contribution in [2.75, 3.05) is 6.54 Å². The van der Waals surface area contributed by atoms with E-state index in [9.17, 15) is 19.2 Å². The maximum absolute atomic E-state index is 13.8. The van der Waals surface area contributed by atoms with Gasteiger partial charge in [0.15, 0.2) is 0 Å². The van der Waals surface area contributed by atoms with Gasteiger partial charge < -0.3 is 31.0 Å². The number of nitrogens with one attached hydrogen (secondary N) is 5. The molecule has 10 nitrogen and oxygen atoms in total. The zero-order valence-electron chi connectivity index (χ0n) is 25.3. The first-order valence-electron chi connectivity index (χ1n) is 14.3. The van der Waals surface area contributed by atoms with Crippen LogP contribution in [0.5, 0.6) is 0 Å². The zero-order valence-corrected chi connectivity index (χ0v) is 25.3. The Bertz CT molecular complexity index is 1380. The second-order valence-electron chi connectivity index (χ2n) is 11.8. The molecular formula is C32H43N5O5. The molecule has 0 aliphatic rings. The molecule has 0 aliphatic heterocycles. The molecule has 3 rings (SSSR count). The quantitative estimate of drug-likeness (QED) is 0.223. The van der Waals surface area contributed by atoms with Crippen LogP contribution in [-0.2, 0) is 32.0 Å². The molecule has 0 saturated carbocycles. The van der Waals surface area contributed by atoms with Crippen LogP contribution in [0.1, 0.15) is 59.1 Å². The van der Waals surface area contributed by atoms with Gasteiger partial charge in [0.2, 0.25) is 17.7 Å². The number of alkyl carbamates (subject to hydrolysis) is 1. The van der Waals surface area contributed by atoms with Crippen molar-refractivity contribution in [3.05, 3.63) is 71.9 Å². The van der Waals surface area contributed by atoms with Crippen molar-refractivity contribution in [3.8, 4) is 0 Å². The number of carbonyl (C=O) groups is 4. The van der Waals surface area contributed by atoms with E-state index in [1.165, 1.54) is 13.8 Å². The second kappa shape index (κ2) is 14.0. The second-order valence-corrected chi connectivity index (χ2v) is 11.8. The Morgan fingerprint density at radius 1 is 0.857 bits per heavy atom. The highest BCUT2D eigenvalue weighted by molar-refractivity contribution is 5.96. The maximum Gasteiger partial charge on any atom is 0.408 e. The highest BCUT2D eigenvalue weighted by Crippen LogP contribution is 2.20. The number of aromatic nitrogens is 1. The Kier molecular flexibility index (Phi) is 10.7. The molecule has 0 aliphatic carbocycles. The molecule has 5 N–H and O–H groups in total. The molecule has 10 heteroatoms. The number of rotatable bonds is 12. The average Bonchev–Trinajstić information content (AvgIpc) is 3.32. The first kappa shape index (κ1) is 32.2. The number of fused-ring (bicyclic) bond motifs is 1. The fourth-order valence-electron chi connectivity index (χ4n) is 4.48. The Balaban J connectivity index is 1.83. The molecule has 0 saturated heterocycles. The van der Waals surface area contributed by atoms with Crippen LogP contribution >= 0.6 is 0 Å².